The second kappa shape index (κ2) is 14.4. The Kier molecular flexibility index (Phi) is 10.6. The van der Waals surface area contributed by atoms with Crippen LogP contribution in [0.4, 0.5) is 26.8 Å². The summed E-state index contributed by atoms with van der Waals surface area (Å²) >= 11 is 12.5. The molecule has 1 saturated heterocycles. The lowest BCUT2D eigenvalue weighted by Crippen LogP contribution is -2.58. The molecular weight excluding hydrogens is 661 g/mol. The largest absolute Gasteiger partial charge is 0.495 e. The fourth-order valence-electron chi connectivity index (χ4n) is 4.71. The first-order chi connectivity index (χ1) is 22.3. The van der Waals surface area contributed by atoms with Crippen LogP contribution in [-0.2, 0) is 4.79 Å². The number of urea groups is 2. The van der Waals surface area contributed by atoms with Crippen LogP contribution in [0.3, 0.4) is 0 Å². The number of allylic oxidation sites excluding steroid dienone is 1. The fraction of sp³-hybridized carbons (Fsp3) is 0.241. The van der Waals surface area contributed by atoms with E-state index in [1.54, 1.807) is 13.8 Å². The van der Waals surface area contributed by atoms with Crippen molar-refractivity contribution in [1.29, 1.82) is 0 Å². The van der Waals surface area contributed by atoms with Crippen LogP contribution < -0.4 is 25.1 Å². The van der Waals surface area contributed by atoms with E-state index in [1.165, 1.54) is 81.1 Å². The number of hydrogen-bond acceptors (Lipinski definition) is 10. The summed E-state index contributed by atoms with van der Waals surface area (Å²) in [5.41, 5.74) is 1.32. The van der Waals surface area contributed by atoms with Gasteiger partial charge in [-0.05, 0) is 68.5 Å². The lowest BCUT2D eigenvalue weighted by molar-refractivity contribution is -0.402. The summed E-state index contributed by atoms with van der Waals surface area (Å²) in [6.07, 6.45) is 2.57. The molecule has 0 saturated carbocycles. The van der Waals surface area contributed by atoms with E-state index in [9.17, 15) is 29.7 Å². The van der Waals surface area contributed by atoms with Gasteiger partial charge in [-0.15, -0.1) is 0 Å². The van der Waals surface area contributed by atoms with Crippen LogP contribution in [0.2, 0.25) is 10.0 Å². The van der Waals surface area contributed by atoms with Crippen molar-refractivity contribution in [1.82, 2.24) is 15.4 Å². The van der Waals surface area contributed by atoms with Gasteiger partial charge in [-0.2, -0.15) is 10.2 Å². The molecule has 18 heteroatoms. The van der Waals surface area contributed by atoms with E-state index in [4.69, 9.17) is 37.1 Å². The third-order valence-corrected chi connectivity index (χ3v) is 7.56. The van der Waals surface area contributed by atoms with Crippen molar-refractivity contribution >= 4 is 70.7 Å². The highest BCUT2D eigenvalue weighted by atomic mass is 35.5. The first-order valence-electron chi connectivity index (χ1n) is 13.6. The standard InChI is InChI=1S/C29H29Cl2N7O9/c1-29(2)26(37(42)27(40)33-17-7-10-22(45-3)20(30)14-17)36(18-8-11-23(46-4)21(31)15-18)28(41)35(29)16-24(39)34-32-13-5-6-19-9-12-25(47-19)38(43)44/h5-15,26,42H,16H2,1-4H3,(H,33,40)(H,34,39)/b6-5-,32-13?/t26-/m1/s1. The molecule has 3 N–H and O–H groups in total. The Hall–Kier alpha value is -5.32. The number of methoxy groups -OCH3 is 2. The predicted octanol–water partition coefficient (Wildman–Crippen LogP) is 5.60. The monoisotopic (exact) mass is 689 g/mol. The number of amides is 5. The summed E-state index contributed by atoms with van der Waals surface area (Å²) in [6.45, 7) is 2.59. The molecule has 1 atom stereocenters. The minimum atomic E-state index is -1.39. The number of anilines is 2. The van der Waals surface area contributed by atoms with Gasteiger partial charge in [0.15, 0.2) is 6.17 Å². The number of nitrogens with one attached hydrogen (secondary N) is 2. The molecule has 1 aliphatic heterocycles. The highest BCUT2D eigenvalue weighted by molar-refractivity contribution is 6.32. The lowest BCUT2D eigenvalue weighted by Gasteiger charge is -2.38. The zero-order valence-electron chi connectivity index (χ0n) is 25.3. The van der Waals surface area contributed by atoms with Crippen molar-refractivity contribution in [2.24, 2.45) is 5.10 Å². The third kappa shape index (κ3) is 7.57. The van der Waals surface area contributed by atoms with Crippen LogP contribution in [-0.4, -0.2) is 76.7 Å². The number of nitrogens with zero attached hydrogens (tertiary/aromatic N) is 5. The normalized spacial score (nSPS) is 15.7. The maximum absolute atomic E-state index is 13.9. The molecule has 47 heavy (non-hydrogen) atoms. The molecule has 0 spiro atoms. The average molecular weight is 690 g/mol. The maximum atomic E-state index is 13.9. The number of hydroxylamine groups is 2. The predicted molar refractivity (Wildman–Crippen MR) is 172 cm³/mol. The Morgan fingerprint density at radius 2 is 1.79 bits per heavy atom. The molecule has 0 bridgehead atoms. The second-order valence-electron chi connectivity index (χ2n) is 10.3. The fourth-order valence-corrected chi connectivity index (χ4v) is 5.22. The number of carbonyl (C=O) groups is 3. The minimum absolute atomic E-state index is 0.152. The molecule has 0 aliphatic carbocycles. The summed E-state index contributed by atoms with van der Waals surface area (Å²) in [5.74, 6) is -0.257. The Balaban J connectivity index is 1.56. The Bertz CT molecular complexity index is 1740. The van der Waals surface area contributed by atoms with Gasteiger partial charge in [0.2, 0.25) is 0 Å². The van der Waals surface area contributed by atoms with Crippen LogP contribution in [0.1, 0.15) is 19.6 Å². The van der Waals surface area contributed by atoms with E-state index in [0.29, 0.717) is 16.6 Å². The Labute approximate surface area is 277 Å². The molecule has 1 aliphatic rings. The summed E-state index contributed by atoms with van der Waals surface area (Å²) in [6, 6.07) is 9.72. The van der Waals surface area contributed by atoms with Gasteiger partial charge >= 0.3 is 17.9 Å². The Morgan fingerprint density at radius 1 is 1.13 bits per heavy atom. The van der Waals surface area contributed by atoms with Crippen molar-refractivity contribution in [3.8, 4) is 11.5 Å². The van der Waals surface area contributed by atoms with Crippen molar-refractivity contribution in [3.63, 3.8) is 0 Å². The van der Waals surface area contributed by atoms with E-state index in [1.807, 2.05) is 0 Å². The SMILES string of the molecule is COc1ccc(NC(=O)N(O)[C@H]2N(c3ccc(OC)c(Cl)c3)C(=O)N(CC(=O)NN=C/C=C\c3ccc([N+](=O)[O-])o3)C2(C)C)cc1Cl. The Morgan fingerprint density at radius 3 is 2.38 bits per heavy atom. The van der Waals surface area contributed by atoms with Crippen LogP contribution in [0.5, 0.6) is 11.5 Å². The van der Waals surface area contributed by atoms with Crippen LogP contribution >= 0.6 is 23.2 Å². The number of ether oxygens (including phenoxy) is 2. The van der Waals surface area contributed by atoms with Crippen LogP contribution in [0, 0.1) is 10.1 Å². The first kappa shape index (κ1) is 34.6. The molecule has 16 nitrogen and oxygen atoms in total. The smallest absolute Gasteiger partial charge is 0.433 e. The van der Waals surface area contributed by atoms with Gasteiger partial charge in [-0.3, -0.25) is 25.0 Å². The zero-order chi connectivity index (χ0) is 34.5. The van der Waals surface area contributed by atoms with Gasteiger partial charge in [-0.1, -0.05) is 23.2 Å². The number of carbonyl (C=O) groups excluding carboxylic acids is 3. The molecular formula is C29H29Cl2N7O9. The maximum Gasteiger partial charge on any atom is 0.433 e. The zero-order valence-corrected chi connectivity index (χ0v) is 26.9. The summed E-state index contributed by atoms with van der Waals surface area (Å²) in [4.78, 5) is 52.4. The van der Waals surface area contributed by atoms with Crippen LogP contribution in [0.15, 0.2) is 64.1 Å². The van der Waals surface area contributed by atoms with E-state index in [-0.39, 0.29) is 27.2 Å². The molecule has 1 aromatic heterocycles. The number of hydrazone groups is 1. The quantitative estimate of drug-likeness (QED) is 0.0995. The number of halogens is 2. The minimum Gasteiger partial charge on any atom is -0.495 e. The summed E-state index contributed by atoms with van der Waals surface area (Å²) < 4.78 is 15.3. The number of furan rings is 1. The number of nitro groups is 1. The number of hydrogen-bond donors (Lipinski definition) is 3. The average Bonchev–Trinajstić information content (AvgIpc) is 3.57. The van der Waals surface area contributed by atoms with Gasteiger partial charge in [-0.25, -0.2) is 15.0 Å². The lowest BCUT2D eigenvalue weighted by atomic mass is 9.99. The number of benzene rings is 2. The summed E-state index contributed by atoms with van der Waals surface area (Å²) in [5, 5.41) is 29.1. The summed E-state index contributed by atoms with van der Waals surface area (Å²) in [7, 11) is 2.85. The second-order valence-corrected chi connectivity index (χ2v) is 11.1. The van der Waals surface area contributed by atoms with Crippen molar-refractivity contribution < 1.29 is 38.4 Å². The van der Waals surface area contributed by atoms with E-state index in [0.717, 1.165) is 9.80 Å². The van der Waals surface area contributed by atoms with Crippen LogP contribution in [0.25, 0.3) is 6.08 Å². The number of rotatable bonds is 11. The highest BCUT2D eigenvalue weighted by Gasteiger charge is 2.56. The van der Waals surface area contributed by atoms with Crippen molar-refractivity contribution in [3.05, 3.63) is 80.5 Å². The van der Waals surface area contributed by atoms with E-state index >= 15 is 0 Å². The molecule has 5 amide bonds. The topological polar surface area (TPSA) is 192 Å². The van der Waals surface area contributed by atoms with Gasteiger partial charge in [0.1, 0.15) is 28.7 Å². The van der Waals surface area contributed by atoms with Crippen molar-refractivity contribution in [2.75, 3.05) is 31.0 Å². The third-order valence-electron chi connectivity index (χ3n) is 6.97. The molecule has 2 heterocycles. The van der Waals surface area contributed by atoms with Gasteiger partial charge in [0, 0.05) is 17.6 Å². The van der Waals surface area contributed by atoms with Gasteiger partial charge in [0.05, 0.1) is 35.9 Å². The molecule has 0 radical (unpaired) electrons. The van der Waals surface area contributed by atoms with E-state index in [2.05, 4.69) is 15.8 Å². The molecule has 0 unspecified atom stereocenters. The van der Waals surface area contributed by atoms with E-state index < -0.39 is 47.0 Å². The highest BCUT2D eigenvalue weighted by Crippen LogP contribution is 2.40. The van der Waals surface area contributed by atoms with Crippen molar-refractivity contribution in [2.45, 2.75) is 25.6 Å². The molecule has 2 aromatic carbocycles. The van der Waals surface area contributed by atoms with Gasteiger partial charge in [0.25, 0.3) is 5.91 Å². The molecule has 248 valence electrons. The molecule has 3 aromatic rings. The molecule has 4 rings (SSSR count). The first-order valence-corrected chi connectivity index (χ1v) is 14.3. The van der Waals surface area contributed by atoms with Gasteiger partial charge < -0.3 is 24.1 Å². The molecule has 1 fully saturated rings.